The second-order valence-electron chi connectivity index (χ2n) is 5.58. The first-order valence-corrected chi connectivity index (χ1v) is 7.62. The van der Waals surface area contributed by atoms with Crippen LogP contribution in [0.15, 0.2) is 24.3 Å². The number of benzene rings is 1. The van der Waals surface area contributed by atoms with Gasteiger partial charge in [-0.2, -0.15) is 0 Å². The molecule has 0 saturated carbocycles. The van der Waals surface area contributed by atoms with Gasteiger partial charge in [-0.15, -0.1) is 0 Å². The lowest BCUT2D eigenvalue weighted by Crippen LogP contribution is -2.45. The molecule has 0 bridgehead atoms. The summed E-state index contributed by atoms with van der Waals surface area (Å²) in [4.78, 5) is 14.0. The van der Waals surface area contributed by atoms with E-state index in [-0.39, 0.29) is 18.2 Å². The van der Waals surface area contributed by atoms with E-state index < -0.39 is 0 Å². The van der Waals surface area contributed by atoms with E-state index in [1.54, 1.807) is 7.11 Å². The van der Waals surface area contributed by atoms with Crippen molar-refractivity contribution >= 4 is 17.4 Å². The summed E-state index contributed by atoms with van der Waals surface area (Å²) < 4.78 is 10.6. The second-order valence-corrected chi connectivity index (χ2v) is 5.58. The lowest BCUT2D eigenvalue weighted by molar-refractivity contribution is -0.00521. The number of morpholine rings is 1. The van der Waals surface area contributed by atoms with E-state index in [0.29, 0.717) is 13.2 Å². The standard InChI is InChI=1S/C16H25N3O3/c1-12-10-19(11-13(2)22-12)15-6-4-14(5-7-15)18-16(20)17-8-9-21-3/h4-7,12-13H,8-11H2,1-3H3,(H2,17,18,20)/t12-,13-/m1/s1. The topological polar surface area (TPSA) is 62.8 Å². The first kappa shape index (κ1) is 16.6. The first-order chi connectivity index (χ1) is 10.6. The predicted octanol–water partition coefficient (Wildman–Crippen LogP) is 2.07. The van der Waals surface area contributed by atoms with Crippen LogP contribution in [-0.2, 0) is 9.47 Å². The van der Waals surface area contributed by atoms with Crippen LogP contribution in [0.2, 0.25) is 0 Å². The van der Waals surface area contributed by atoms with Crippen molar-refractivity contribution in [2.45, 2.75) is 26.1 Å². The number of hydrogen-bond donors (Lipinski definition) is 2. The Kier molecular flexibility index (Phi) is 6.03. The molecule has 0 unspecified atom stereocenters. The Labute approximate surface area is 131 Å². The van der Waals surface area contributed by atoms with E-state index in [0.717, 1.165) is 24.5 Å². The number of nitrogens with zero attached hydrogens (tertiary/aromatic N) is 1. The number of hydrogen-bond acceptors (Lipinski definition) is 4. The minimum atomic E-state index is -0.224. The molecule has 122 valence electrons. The van der Waals surface area contributed by atoms with Gasteiger partial charge in [-0.25, -0.2) is 4.79 Å². The maximum atomic E-state index is 11.7. The summed E-state index contributed by atoms with van der Waals surface area (Å²) >= 11 is 0. The highest BCUT2D eigenvalue weighted by Gasteiger charge is 2.22. The van der Waals surface area contributed by atoms with Crippen LogP contribution in [0.5, 0.6) is 0 Å². The molecule has 1 saturated heterocycles. The number of nitrogens with one attached hydrogen (secondary N) is 2. The van der Waals surface area contributed by atoms with Crippen LogP contribution in [0.25, 0.3) is 0 Å². The molecule has 0 aliphatic carbocycles. The summed E-state index contributed by atoms with van der Waals surface area (Å²) in [5, 5.41) is 5.52. The number of carbonyl (C=O) groups is 1. The Morgan fingerprint density at radius 1 is 1.27 bits per heavy atom. The molecule has 1 heterocycles. The molecular weight excluding hydrogens is 282 g/mol. The molecule has 2 atom stereocenters. The van der Waals surface area contributed by atoms with E-state index in [1.165, 1.54) is 0 Å². The van der Waals surface area contributed by atoms with E-state index in [2.05, 4.69) is 29.4 Å². The maximum absolute atomic E-state index is 11.7. The molecule has 1 aromatic rings. The van der Waals surface area contributed by atoms with Crippen molar-refractivity contribution in [3.8, 4) is 0 Å². The van der Waals surface area contributed by atoms with Crippen molar-refractivity contribution in [2.75, 3.05) is 43.6 Å². The number of anilines is 2. The van der Waals surface area contributed by atoms with Gasteiger partial charge in [-0.1, -0.05) is 0 Å². The van der Waals surface area contributed by atoms with Crippen LogP contribution in [0.4, 0.5) is 16.2 Å². The molecule has 22 heavy (non-hydrogen) atoms. The minimum absolute atomic E-state index is 0.224. The van der Waals surface area contributed by atoms with Gasteiger partial charge in [0.25, 0.3) is 0 Å². The molecule has 1 aliphatic heterocycles. The SMILES string of the molecule is COCCNC(=O)Nc1ccc(N2C[C@@H](C)O[C@H](C)C2)cc1. The molecule has 0 spiro atoms. The van der Waals surface area contributed by atoms with E-state index in [9.17, 15) is 4.79 Å². The summed E-state index contributed by atoms with van der Waals surface area (Å²) in [6.45, 7) is 6.93. The maximum Gasteiger partial charge on any atom is 0.319 e. The molecule has 1 aliphatic rings. The predicted molar refractivity (Wildman–Crippen MR) is 87.6 cm³/mol. The van der Waals surface area contributed by atoms with Crippen molar-refractivity contribution in [3.05, 3.63) is 24.3 Å². The average Bonchev–Trinajstić information content (AvgIpc) is 2.47. The van der Waals surface area contributed by atoms with Crippen LogP contribution in [-0.4, -0.2) is 51.6 Å². The number of urea groups is 1. The molecule has 2 amide bonds. The van der Waals surface area contributed by atoms with Crippen molar-refractivity contribution in [1.29, 1.82) is 0 Å². The highest BCUT2D eigenvalue weighted by molar-refractivity contribution is 5.89. The molecule has 1 aromatic carbocycles. The molecular formula is C16H25N3O3. The quantitative estimate of drug-likeness (QED) is 0.818. The fraction of sp³-hybridized carbons (Fsp3) is 0.562. The second kappa shape index (κ2) is 8.00. The highest BCUT2D eigenvalue weighted by Crippen LogP contribution is 2.22. The van der Waals surface area contributed by atoms with Gasteiger partial charge in [0.15, 0.2) is 0 Å². The molecule has 0 radical (unpaired) electrons. The summed E-state index contributed by atoms with van der Waals surface area (Å²) in [6, 6.07) is 7.65. The number of amides is 2. The monoisotopic (exact) mass is 307 g/mol. The zero-order chi connectivity index (χ0) is 15.9. The summed E-state index contributed by atoms with van der Waals surface area (Å²) in [5.41, 5.74) is 1.92. The van der Waals surface area contributed by atoms with E-state index >= 15 is 0 Å². The molecule has 6 nitrogen and oxygen atoms in total. The number of carbonyl (C=O) groups excluding carboxylic acids is 1. The fourth-order valence-corrected chi connectivity index (χ4v) is 2.59. The van der Waals surface area contributed by atoms with Crippen molar-refractivity contribution in [3.63, 3.8) is 0 Å². The number of rotatable bonds is 5. The van der Waals surface area contributed by atoms with Crippen LogP contribution >= 0.6 is 0 Å². The normalized spacial score (nSPS) is 21.5. The highest BCUT2D eigenvalue weighted by atomic mass is 16.5. The summed E-state index contributed by atoms with van der Waals surface area (Å²) in [7, 11) is 1.60. The third-order valence-corrected chi connectivity index (χ3v) is 3.50. The van der Waals surface area contributed by atoms with Crippen LogP contribution < -0.4 is 15.5 Å². The van der Waals surface area contributed by atoms with E-state index in [4.69, 9.17) is 9.47 Å². The van der Waals surface area contributed by atoms with Gasteiger partial charge in [-0.05, 0) is 38.1 Å². The molecule has 0 aromatic heterocycles. The van der Waals surface area contributed by atoms with Gasteiger partial charge in [0.1, 0.15) is 0 Å². The Morgan fingerprint density at radius 3 is 2.50 bits per heavy atom. The average molecular weight is 307 g/mol. The van der Waals surface area contributed by atoms with Crippen molar-refractivity contribution in [2.24, 2.45) is 0 Å². The molecule has 2 rings (SSSR count). The smallest absolute Gasteiger partial charge is 0.319 e. The third-order valence-electron chi connectivity index (χ3n) is 3.50. The van der Waals surface area contributed by atoms with Crippen LogP contribution in [0.3, 0.4) is 0 Å². The van der Waals surface area contributed by atoms with Crippen LogP contribution in [0.1, 0.15) is 13.8 Å². The fourth-order valence-electron chi connectivity index (χ4n) is 2.59. The zero-order valence-corrected chi connectivity index (χ0v) is 13.5. The van der Waals surface area contributed by atoms with Crippen molar-refractivity contribution < 1.29 is 14.3 Å². The number of methoxy groups -OCH3 is 1. The Morgan fingerprint density at radius 2 is 1.91 bits per heavy atom. The Bertz CT molecular complexity index is 468. The van der Waals surface area contributed by atoms with Gasteiger partial charge in [-0.3, -0.25) is 0 Å². The van der Waals surface area contributed by atoms with Gasteiger partial charge >= 0.3 is 6.03 Å². The van der Waals surface area contributed by atoms with Crippen molar-refractivity contribution in [1.82, 2.24) is 5.32 Å². The van der Waals surface area contributed by atoms with Gasteiger partial charge in [0.2, 0.25) is 0 Å². The lowest BCUT2D eigenvalue weighted by atomic mass is 10.2. The molecule has 2 N–H and O–H groups in total. The third kappa shape index (κ3) is 4.89. The lowest BCUT2D eigenvalue weighted by Gasteiger charge is -2.36. The minimum Gasteiger partial charge on any atom is -0.383 e. The first-order valence-electron chi connectivity index (χ1n) is 7.62. The molecule has 1 fully saturated rings. The number of ether oxygens (including phenoxy) is 2. The summed E-state index contributed by atoms with van der Waals surface area (Å²) in [6.07, 6.45) is 0.459. The Balaban J connectivity index is 1.88. The van der Waals surface area contributed by atoms with Gasteiger partial charge in [0.05, 0.1) is 18.8 Å². The summed E-state index contributed by atoms with van der Waals surface area (Å²) in [5.74, 6) is 0. The largest absolute Gasteiger partial charge is 0.383 e. The van der Waals surface area contributed by atoms with Crippen LogP contribution in [0, 0.1) is 0 Å². The Hall–Kier alpha value is -1.79. The van der Waals surface area contributed by atoms with E-state index in [1.807, 2.05) is 24.3 Å². The van der Waals surface area contributed by atoms with Gasteiger partial charge in [0, 0.05) is 38.1 Å². The molecule has 6 heteroatoms. The van der Waals surface area contributed by atoms with Gasteiger partial charge < -0.3 is 25.0 Å². The zero-order valence-electron chi connectivity index (χ0n) is 13.5.